The first kappa shape index (κ1) is 35.1. The molecule has 0 saturated carbocycles. The van der Waals surface area contributed by atoms with Crippen molar-refractivity contribution in [2.24, 2.45) is 0 Å². The van der Waals surface area contributed by atoms with Gasteiger partial charge in [0.05, 0.1) is 27.6 Å². The molecule has 294 valence electrons. The largest absolute Gasteiger partial charge is 0.435 e. The summed E-state index contributed by atoms with van der Waals surface area (Å²) in [4.78, 5) is 21.0. The van der Waals surface area contributed by atoms with E-state index in [-0.39, 0.29) is 0 Å². The molecular weight excluding hydrogens is 773 g/mol. The predicted molar refractivity (Wildman–Crippen MR) is 255 cm³/mol. The van der Waals surface area contributed by atoms with Gasteiger partial charge < -0.3 is 8.98 Å². The standard InChI is InChI=1S/C56H34N6O/c1-3-15-38(16-4-1)55-57-47-23-13-22-46(52(47)63-55)54-58-53(37-29-26-36(27-30-37)40-31-28-35-14-7-8-17-39(35)34-40)59-56(60-54)62-49-25-12-10-21-43(49)45-33-32-44-42-20-9-11-24-48(42)61(50(44)51(45)62)41-18-5-2-6-19-41/h1-34H. The molecule has 0 fully saturated rings. The van der Waals surface area contributed by atoms with Crippen molar-refractivity contribution >= 4 is 65.5 Å². The van der Waals surface area contributed by atoms with Crippen LogP contribution in [0.1, 0.15) is 0 Å². The lowest BCUT2D eigenvalue weighted by Gasteiger charge is -2.13. The Hall–Kier alpha value is -8.68. The molecule has 0 aliphatic heterocycles. The van der Waals surface area contributed by atoms with Crippen LogP contribution in [0, 0.1) is 0 Å². The monoisotopic (exact) mass is 806 g/mol. The van der Waals surface area contributed by atoms with E-state index in [9.17, 15) is 0 Å². The molecular formula is C56H34N6O. The summed E-state index contributed by atoms with van der Waals surface area (Å²) in [6.45, 7) is 0. The first-order valence-corrected chi connectivity index (χ1v) is 21.1. The summed E-state index contributed by atoms with van der Waals surface area (Å²) in [7, 11) is 0. The Kier molecular flexibility index (Phi) is 7.77. The van der Waals surface area contributed by atoms with E-state index in [1.54, 1.807) is 0 Å². The molecule has 0 bridgehead atoms. The van der Waals surface area contributed by atoms with E-state index in [0.29, 0.717) is 29.1 Å². The molecule has 0 saturated heterocycles. The molecule has 9 aromatic carbocycles. The topological polar surface area (TPSA) is 74.6 Å². The van der Waals surface area contributed by atoms with Crippen molar-refractivity contribution in [3.63, 3.8) is 0 Å². The maximum absolute atomic E-state index is 6.59. The second kappa shape index (κ2) is 13.9. The van der Waals surface area contributed by atoms with Gasteiger partial charge in [0.2, 0.25) is 11.8 Å². The van der Waals surface area contributed by atoms with Crippen LogP contribution in [-0.4, -0.2) is 29.1 Å². The zero-order valence-corrected chi connectivity index (χ0v) is 33.7. The van der Waals surface area contributed by atoms with E-state index in [2.05, 4.69) is 167 Å². The van der Waals surface area contributed by atoms with Crippen LogP contribution >= 0.6 is 0 Å². The number of rotatable bonds is 6. The first-order valence-electron chi connectivity index (χ1n) is 21.1. The van der Waals surface area contributed by atoms with E-state index in [1.165, 1.54) is 16.2 Å². The summed E-state index contributed by atoms with van der Waals surface area (Å²) in [5.41, 5.74) is 11.3. The first-order chi connectivity index (χ1) is 31.2. The third-order valence-electron chi connectivity index (χ3n) is 12.2. The molecule has 7 nitrogen and oxygen atoms in total. The maximum Gasteiger partial charge on any atom is 0.238 e. The lowest BCUT2D eigenvalue weighted by atomic mass is 10.0. The molecule has 63 heavy (non-hydrogen) atoms. The molecule has 7 heteroatoms. The van der Waals surface area contributed by atoms with Crippen molar-refractivity contribution in [2.45, 2.75) is 0 Å². The second-order valence-corrected chi connectivity index (χ2v) is 15.9. The van der Waals surface area contributed by atoms with Crippen LogP contribution in [0.15, 0.2) is 211 Å². The Morgan fingerprint density at radius 3 is 1.73 bits per heavy atom. The van der Waals surface area contributed by atoms with Gasteiger partial charge in [0, 0.05) is 38.4 Å². The molecule has 0 N–H and O–H groups in total. The Bertz CT molecular complexity index is 3900. The van der Waals surface area contributed by atoms with Gasteiger partial charge >= 0.3 is 0 Å². The smallest absolute Gasteiger partial charge is 0.238 e. The van der Waals surface area contributed by atoms with Crippen LogP contribution in [-0.2, 0) is 0 Å². The van der Waals surface area contributed by atoms with Gasteiger partial charge in [-0.05, 0) is 76.5 Å². The number of fused-ring (bicyclic) bond motifs is 9. The lowest BCUT2D eigenvalue weighted by molar-refractivity contribution is 0.620. The number of nitrogens with zero attached hydrogens (tertiary/aromatic N) is 6. The highest BCUT2D eigenvalue weighted by atomic mass is 16.3. The summed E-state index contributed by atoms with van der Waals surface area (Å²) < 4.78 is 11.2. The van der Waals surface area contributed by atoms with Crippen molar-refractivity contribution in [3.05, 3.63) is 206 Å². The molecule has 0 amide bonds. The molecule has 0 radical (unpaired) electrons. The minimum absolute atomic E-state index is 0.483. The van der Waals surface area contributed by atoms with E-state index < -0.39 is 0 Å². The van der Waals surface area contributed by atoms with Gasteiger partial charge in [-0.25, -0.2) is 9.97 Å². The van der Waals surface area contributed by atoms with E-state index >= 15 is 0 Å². The minimum Gasteiger partial charge on any atom is -0.435 e. The zero-order chi connectivity index (χ0) is 41.4. The molecule has 0 spiro atoms. The lowest BCUT2D eigenvalue weighted by Crippen LogP contribution is -2.07. The Morgan fingerprint density at radius 2 is 0.968 bits per heavy atom. The van der Waals surface area contributed by atoms with Gasteiger partial charge in [0.15, 0.2) is 17.2 Å². The van der Waals surface area contributed by atoms with Crippen molar-refractivity contribution < 1.29 is 4.42 Å². The third kappa shape index (κ3) is 5.60. The van der Waals surface area contributed by atoms with Crippen molar-refractivity contribution in [1.29, 1.82) is 0 Å². The summed E-state index contributed by atoms with van der Waals surface area (Å²) in [6, 6.07) is 71.7. The SMILES string of the molecule is c1ccc(-c2nc3cccc(-c4nc(-c5ccc(-c6ccc7ccccc7c6)cc5)nc(-n5c6ccccc6c6ccc7c8ccccc8n(-c8ccccc8)c7c65)n4)c3o2)cc1. The zero-order valence-electron chi connectivity index (χ0n) is 33.7. The van der Waals surface area contributed by atoms with E-state index in [0.717, 1.165) is 77.2 Å². The van der Waals surface area contributed by atoms with Crippen molar-refractivity contribution in [1.82, 2.24) is 29.1 Å². The molecule has 4 aromatic heterocycles. The fraction of sp³-hybridized carbons (Fsp3) is 0. The summed E-state index contributed by atoms with van der Waals surface area (Å²) in [5, 5.41) is 6.94. The normalized spacial score (nSPS) is 11.8. The summed E-state index contributed by atoms with van der Waals surface area (Å²) in [5.74, 6) is 2.06. The van der Waals surface area contributed by atoms with E-state index in [1.807, 2.05) is 48.5 Å². The highest BCUT2D eigenvalue weighted by molar-refractivity contribution is 6.23. The van der Waals surface area contributed by atoms with Crippen molar-refractivity contribution in [3.8, 4) is 57.0 Å². The fourth-order valence-corrected chi connectivity index (χ4v) is 9.28. The Morgan fingerprint density at radius 1 is 0.365 bits per heavy atom. The van der Waals surface area contributed by atoms with Gasteiger partial charge in [-0.15, -0.1) is 0 Å². The van der Waals surface area contributed by atoms with Crippen LogP contribution < -0.4 is 0 Å². The second-order valence-electron chi connectivity index (χ2n) is 15.9. The average molecular weight is 807 g/mol. The molecule has 0 atom stereocenters. The van der Waals surface area contributed by atoms with Crippen LogP contribution in [0.4, 0.5) is 0 Å². The highest BCUT2D eigenvalue weighted by Gasteiger charge is 2.24. The van der Waals surface area contributed by atoms with Gasteiger partial charge in [-0.2, -0.15) is 9.97 Å². The summed E-state index contributed by atoms with van der Waals surface area (Å²) >= 11 is 0. The Labute approximate surface area is 360 Å². The maximum atomic E-state index is 6.59. The number of para-hydroxylation sites is 4. The molecule has 4 heterocycles. The molecule has 0 aliphatic carbocycles. The van der Waals surface area contributed by atoms with Gasteiger partial charge in [-0.3, -0.25) is 4.57 Å². The number of benzene rings is 9. The molecule has 13 aromatic rings. The predicted octanol–water partition coefficient (Wildman–Crippen LogP) is 14.0. The van der Waals surface area contributed by atoms with Crippen LogP contribution in [0.3, 0.4) is 0 Å². The highest BCUT2D eigenvalue weighted by Crippen LogP contribution is 2.42. The number of aromatic nitrogens is 6. The molecule has 0 aliphatic rings. The van der Waals surface area contributed by atoms with Crippen LogP contribution in [0.2, 0.25) is 0 Å². The number of oxazole rings is 1. The van der Waals surface area contributed by atoms with E-state index in [4.69, 9.17) is 24.4 Å². The fourth-order valence-electron chi connectivity index (χ4n) is 9.28. The van der Waals surface area contributed by atoms with Gasteiger partial charge in [-0.1, -0.05) is 152 Å². The quantitative estimate of drug-likeness (QED) is 0.167. The van der Waals surface area contributed by atoms with Gasteiger partial charge in [0.25, 0.3) is 0 Å². The third-order valence-corrected chi connectivity index (χ3v) is 12.2. The van der Waals surface area contributed by atoms with Gasteiger partial charge in [0.1, 0.15) is 5.52 Å². The average Bonchev–Trinajstić information content (AvgIpc) is 4.05. The summed E-state index contributed by atoms with van der Waals surface area (Å²) in [6.07, 6.45) is 0. The molecule has 13 rings (SSSR count). The number of hydrogen-bond donors (Lipinski definition) is 0. The molecule has 0 unspecified atom stereocenters. The minimum atomic E-state index is 0.483. The Balaban J connectivity index is 1.09. The van der Waals surface area contributed by atoms with Crippen LogP contribution in [0.5, 0.6) is 0 Å². The number of hydrogen-bond acceptors (Lipinski definition) is 5. The van der Waals surface area contributed by atoms with Crippen LogP contribution in [0.25, 0.3) is 122 Å². The van der Waals surface area contributed by atoms with Crippen molar-refractivity contribution in [2.75, 3.05) is 0 Å².